The van der Waals surface area contributed by atoms with Gasteiger partial charge in [-0.3, -0.25) is 9.13 Å². The number of aryl methyl sites for hydroxylation is 2. The number of hydrogen-bond acceptors (Lipinski definition) is 5. The van der Waals surface area contributed by atoms with Crippen molar-refractivity contribution in [3.63, 3.8) is 0 Å². The van der Waals surface area contributed by atoms with Crippen molar-refractivity contribution >= 4 is 5.95 Å². The molecule has 7 nitrogen and oxygen atoms in total. The lowest BCUT2D eigenvalue weighted by Crippen LogP contribution is -2.30. The van der Waals surface area contributed by atoms with Crippen LogP contribution in [0.15, 0.2) is 41.5 Å². The Morgan fingerprint density at radius 3 is 2.30 bits per heavy atom. The van der Waals surface area contributed by atoms with Crippen molar-refractivity contribution in [3.8, 4) is 17.1 Å². The summed E-state index contributed by atoms with van der Waals surface area (Å²) in [4.78, 5) is 23.4. The molecule has 7 heteroatoms. The highest BCUT2D eigenvalue weighted by molar-refractivity contribution is 5.59. The number of ether oxygens (including phenoxy) is 1. The van der Waals surface area contributed by atoms with Gasteiger partial charge in [-0.1, -0.05) is 44.6 Å². The van der Waals surface area contributed by atoms with Crippen molar-refractivity contribution in [1.82, 2.24) is 19.1 Å². The maximum absolute atomic E-state index is 13.9. The van der Waals surface area contributed by atoms with E-state index in [0.717, 1.165) is 41.8 Å². The van der Waals surface area contributed by atoms with Gasteiger partial charge in [-0.25, -0.2) is 14.8 Å². The van der Waals surface area contributed by atoms with Crippen molar-refractivity contribution in [2.45, 2.75) is 103 Å². The van der Waals surface area contributed by atoms with E-state index in [-0.39, 0.29) is 11.7 Å². The SMILES string of the molecule is Cc1ccc(-n2c(-c3ccnc(NC4CCC(C5CCCCCC5)CC4)n3)cn(C3CCOCC3)c2=O)cc1C. The van der Waals surface area contributed by atoms with Gasteiger partial charge >= 0.3 is 5.69 Å². The Kier molecular flexibility index (Phi) is 8.38. The van der Waals surface area contributed by atoms with Crippen LogP contribution in [0, 0.1) is 25.7 Å². The Balaban J connectivity index is 1.24. The minimum atomic E-state index is -0.0184. The van der Waals surface area contributed by atoms with E-state index >= 15 is 0 Å². The monoisotopic (exact) mass is 543 g/mol. The summed E-state index contributed by atoms with van der Waals surface area (Å²) in [6.45, 7) is 5.57. The molecule has 6 rings (SSSR count). The van der Waals surface area contributed by atoms with Crippen molar-refractivity contribution in [1.29, 1.82) is 0 Å². The van der Waals surface area contributed by atoms with Gasteiger partial charge < -0.3 is 10.1 Å². The summed E-state index contributed by atoms with van der Waals surface area (Å²) in [6.07, 6.45) is 19.1. The predicted molar refractivity (Wildman–Crippen MR) is 160 cm³/mol. The molecule has 1 saturated heterocycles. The van der Waals surface area contributed by atoms with E-state index in [0.29, 0.717) is 25.2 Å². The predicted octanol–water partition coefficient (Wildman–Crippen LogP) is 7.01. The average Bonchev–Trinajstić information content (AvgIpc) is 3.13. The number of anilines is 1. The van der Waals surface area contributed by atoms with Gasteiger partial charge in [0.15, 0.2) is 0 Å². The molecule has 0 bridgehead atoms. The van der Waals surface area contributed by atoms with Gasteiger partial charge in [0, 0.05) is 37.7 Å². The van der Waals surface area contributed by atoms with Gasteiger partial charge in [-0.2, -0.15) is 0 Å². The molecule has 0 amide bonds. The van der Waals surface area contributed by atoms with Crippen LogP contribution in [-0.2, 0) is 4.74 Å². The highest BCUT2D eigenvalue weighted by Gasteiger charge is 2.29. The second-order valence-electron chi connectivity index (χ2n) is 12.4. The molecule has 214 valence electrons. The Morgan fingerprint density at radius 2 is 1.57 bits per heavy atom. The second kappa shape index (κ2) is 12.3. The van der Waals surface area contributed by atoms with E-state index in [2.05, 4.69) is 36.3 Å². The first-order valence-electron chi connectivity index (χ1n) is 15.7. The molecular weight excluding hydrogens is 498 g/mol. The van der Waals surface area contributed by atoms with Gasteiger partial charge in [0.2, 0.25) is 5.95 Å². The summed E-state index contributed by atoms with van der Waals surface area (Å²) in [6, 6.07) is 8.69. The highest BCUT2D eigenvalue weighted by atomic mass is 16.5. The van der Waals surface area contributed by atoms with Crippen LogP contribution in [0.5, 0.6) is 0 Å². The van der Waals surface area contributed by atoms with Gasteiger partial charge in [0.25, 0.3) is 0 Å². The van der Waals surface area contributed by atoms with Crippen LogP contribution in [0.1, 0.15) is 94.2 Å². The maximum Gasteiger partial charge on any atom is 0.333 e. The first-order valence-corrected chi connectivity index (χ1v) is 15.7. The zero-order chi connectivity index (χ0) is 27.5. The summed E-state index contributed by atoms with van der Waals surface area (Å²) in [5, 5.41) is 3.65. The molecule has 0 unspecified atom stereocenters. The van der Waals surface area contributed by atoms with Crippen LogP contribution in [-0.4, -0.2) is 38.4 Å². The minimum absolute atomic E-state index is 0.0184. The normalized spacial score (nSPS) is 23.1. The Hall–Kier alpha value is -2.93. The zero-order valence-electron chi connectivity index (χ0n) is 24.3. The van der Waals surface area contributed by atoms with Crippen LogP contribution in [0.25, 0.3) is 17.1 Å². The number of benzene rings is 1. The topological polar surface area (TPSA) is 74.0 Å². The average molecular weight is 544 g/mol. The van der Waals surface area contributed by atoms with E-state index in [9.17, 15) is 4.79 Å². The number of nitrogens with one attached hydrogen (secondary N) is 1. The first kappa shape index (κ1) is 27.3. The molecule has 3 aromatic rings. The van der Waals surface area contributed by atoms with Crippen LogP contribution < -0.4 is 11.0 Å². The van der Waals surface area contributed by atoms with Crippen molar-refractivity contribution in [2.75, 3.05) is 18.5 Å². The van der Waals surface area contributed by atoms with Crippen LogP contribution in [0.4, 0.5) is 5.95 Å². The number of hydrogen-bond donors (Lipinski definition) is 1. The molecule has 0 spiro atoms. The van der Waals surface area contributed by atoms with E-state index < -0.39 is 0 Å². The molecule has 3 heterocycles. The lowest BCUT2D eigenvalue weighted by molar-refractivity contribution is 0.0686. The van der Waals surface area contributed by atoms with Gasteiger partial charge in [-0.15, -0.1) is 0 Å². The molecule has 3 aliphatic rings. The fourth-order valence-corrected chi connectivity index (χ4v) is 7.25. The number of aromatic nitrogens is 4. The highest BCUT2D eigenvalue weighted by Crippen LogP contribution is 2.38. The lowest BCUT2D eigenvalue weighted by Gasteiger charge is -2.34. The molecule has 1 N–H and O–H groups in total. The van der Waals surface area contributed by atoms with Crippen molar-refractivity contribution in [2.24, 2.45) is 11.8 Å². The minimum Gasteiger partial charge on any atom is -0.381 e. The fourth-order valence-electron chi connectivity index (χ4n) is 7.25. The van der Waals surface area contributed by atoms with E-state index in [1.54, 1.807) is 0 Å². The standard InChI is InChI=1S/C33H45N5O2/c1-23-9-14-29(21-24(23)2)38-31(22-37(33(38)39)28-16-19-40-20-17-28)30-15-18-34-32(36-30)35-27-12-10-26(11-13-27)25-7-5-3-4-6-8-25/h9,14-15,18,21-22,25-28H,3-8,10-13,16-17,19-20H2,1-2H3,(H,34,35,36). The third-order valence-corrected chi connectivity index (χ3v) is 9.84. The number of imidazole rings is 1. The van der Waals surface area contributed by atoms with Crippen molar-refractivity contribution in [3.05, 3.63) is 58.3 Å². The Bertz CT molecular complexity index is 1340. The molecule has 40 heavy (non-hydrogen) atoms. The Morgan fingerprint density at radius 1 is 0.850 bits per heavy atom. The molecule has 0 radical (unpaired) electrons. The van der Waals surface area contributed by atoms with Gasteiger partial charge in [-0.05, 0) is 93.5 Å². The van der Waals surface area contributed by atoms with E-state index in [1.807, 2.05) is 33.7 Å². The third kappa shape index (κ3) is 5.90. The summed E-state index contributed by atoms with van der Waals surface area (Å²) in [5.74, 6) is 2.49. The molecule has 2 saturated carbocycles. The number of nitrogens with zero attached hydrogens (tertiary/aromatic N) is 4. The molecule has 0 atom stereocenters. The van der Waals surface area contributed by atoms with Gasteiger partial charge in [0.1, 0.15) is 0 Å². The largest absolute Gasteiger partial charge is 0.381 e. The number of rotatable bonds is 6. The summed E-state index contributed by atoms with van der Waals surface area (Å²) < 4.78 is 9.30. The second-order valence-corrected chi connectivity index (χ2v) is 12.4. The first-order chi connectivity index (χ1) is 19.6. The maximum atomic E-state index is 13.9. The summed E-state index contributed by atoms with van der Waals surface area (Å²) in [5.41, 5.74) is 4.81. The molecule has 2 aromatic heterocycles. The van der Waals surface area contributed by atoms with Crippen molar-refractivity contribution < 1.29 is 4.74 Å². The van der Waals surface area contributed by atoms with E-state index in [4.69, 9.17) is 9.72 Å². The van der Waals surface area contributed by atoms with Crippen LogP contribution in [0.2, 0.25) is 0 Å². The third-order valence-electron chi connectivity index (χ3n) is 9.84. The summed E-state index contributed by atoms with van der Waals surface area (Å²) in [7, 11) is 0. The molecule has 1 aromatic carbocycles. The summed E-state index contributed by atoms with van der Waals surface area (Å²) >= 11 is 0. The van der Waals surface area contributed by atoms with Gasteiger partial charge in [0.05, 0.1) is 17.1 Å². The molecule has 2 aliphatic carbocycles. The van der Waals surface area contributed by atoms with Crippen LogP contribution in [0.3, 0.4) is 0 Å². The lowest BCUT2D eigenvalue weighted by atomic mass is 9.75. The smallest absolute Gasteiger partial charge is 0.333 e. The molecule has 1 aliphatic heterocycles. The Labute approximate surface area is 238 Å². The van der Waals surface area contributed by atoms with Crippen LogP contribution >= 0.6 is 0 Å². The molecular formula is C33H45N5O2. The fraction of sp³-hybridized carbons (Fsp3) is 0.606. The molecule has 3 fully saturated rings. The van der Waals surface area contributed by atoms with E-state index in [1.165, 1.54) is 75.3 Å². The zero-order valence-corrected chi connectivity index (χ0v) is 24.3. The quantitative estimate of drug-likeness (QED) is 0.339.